The van der Waals surface area contributed by atoms with Crippen molar-refractivity contribution in [2.75, 3.05) is 13.2 Å². The summed E-state index contributed by atoms with van der Waals surface area (Å²) in [7, 11) is 0. The van der Waals surface area contributed by atoms with Crippen LogP contribution in [-0.4, -0.2) is 30.0 Å². The Morgan fingerprint density at radius 2 is 1.57 bits per heavy atom. The molecule has 0 saturated carbocycles. The van der Waals surface area contributed by atoms with Crippen molar-refractivity contribution in [1.82, 2.24) is 10.9 Å². The third-order valence-electron chi connectivity index (χ3n) is 3.54. The number of ether oxygens (including phenoxy) is 2. The number of nitrogens with zero attached hydrogens (tertiary/aromatic N) is 1. The molecule has 0 fully saturated rings. The molecular formula is C18H18ClN3O6. The van der Waals surface area contributed by atoms with E-state index in [2.05, 4.69) is 10.9 Å². The van der Waals surface area contributed by atoms with E-state index in [0.717, 1.165) is 11.1 Å². The fourth-order valence-electron chi connectivity index (χ4n) is 2.22. The Balaban J connectivity index is 1.77. The van der Waals surface area contributed by atoms with Gasteiger partial charge in [-0.2, -0.15) is 0 Å². The molecule has 2 rings (SSSR count). The maximum atomic E-state index is 11.8. The van der Waals surface area contributed by atoms with Crippen LogP contribution in [0.3, 0.4) is 0 Å². The quantitative estimate of drug-likeness (QED) is 0.537. The van der Waals surface area contributed by atoms with Crippen LogP contribution in [0.2, 0.25) is 5.02 Å². The van der Waals surface area contributed by atoms with Crippen LogP contribution < -0.4 is 20.3 Å². The largest absolute Gasteiger partial charge is 0.484 e. The zero-order valence-electron chi connectivity index (χ0n) is 15.2. The molecule has 0 aromatic heterocycles. The van der Waals surface area contributed by atoms with Crippen molar-refractivity contribution in [3.63, 3.8) is 0 Å². The van der Waals surface area contributed by atoms with Crippen LogP contribution in [0.5, 0.6) is 11.5 Å². The topological polar surface area (TPSA) is 120 Å². The molecule has 0 atom stereocenters. The zero-order chi connectivity index (χ0) is 20.7. The highest BCUT2D eigenvalue weighted by molar-refractivity contribution is 6.32. The van der Waals surface area contributed by atoms with Crippen LogP contribution in [0, 0.1) is 24.0 Å². The maximum absolute atomic E-state index is 11.8. The number of hydrogen-bond acceptors (Lipinski definition) is 6. The summed E-state index contributed by atoms with van der Waals surface area (Å²) in [4.78, 5) is 33.8. The van der Waals surface area contributed by atoms with E-state index >= 15 is 0 Å². The molecule has 0 saturated heterocycles. The van der Waals surface area contributed by atoms with E-state index in [1.807, 2.05) is 13.8 Å². The van der Waals surface area contributed by atoms with Gasteiger partial charge in [0.15, 0.2) is 19.0 Å². The summed E-state index contributed by atoms with van der Waals surface area (Å²) >= 11 is 6.07. The van der Waals surface area contributed by atoms with Crippen molar-refractivity contribution in [2.24, 2.45) is 0 Å². The number of nitro benzene ring substituents is 1. The Morgan fingerprint density at radius 1 is 1.04 bits per heavy atom. The molecule has 0 unspecified atom stereocenters. The van der Waals surface area contributed by atoms with Crippen LogP contribution in [0.15, 0.2) is 36.4 Å². The Kier molecular flexibility index (Phi) is 7.16. The van der Waals surface area contributed by atoms with E-state index < -0.39 is 23.3 Å². The lowest BCUT2D eigenvalue weighted by Gasteiger charge is -2.11. The maximum Gasteiger partial charge on any atom is 0.310 e. The van der Waals surface area contributed by atoms with Crippen molar-refractivity contribution in [3.8, 4) is 11.5 Å². The predicted molar refractivity (Wildman–Crippen MR) is 101 cm³/mol. The van der Waals surface area contributed by atoms with E-state index in [-0.39, 0.29) is 18.0 Å². The molecule has 2 aromatic carbocycles. The lowest BCUT2D eigenvalue weighted by atomic mass is 10.1. The van der Waals surface area contributed by atoms with Gasteiger partial charge in [0.05, 0.1) is 4.92 Å². The van der Waals surface area contributed by atoms with Crippen molar-refractivity contribution >= 4 is 29.1 Å². The number of para-hydroxylation sites is 2. The average Bonchev–Trinajstić information content (AvgIpc) is 2.67. The van der Waals surface area contributed by atoms with Gasteiger partial charge in [-0.15, -0.1) is 0 Å². The summed E-state index contributed by atoms with van der Waals surface area (Å²) < 4.78 is 10.5. The Hall–Kier alpha value is -3.33. The number of carbonyl (C=O) groups is 2. The first-order valence-electron chi connectivity index (χ1n) is 8.11. The minimum Gasteiger partial charge on any atom is -0.484 e. The van der Waals surface area contributed by atoms with E-state index in [9.17, 15) is 19.7 Å². The van der Waals surface area contributed by atoms with Gasteiger partial charge in [-0.25, -0.2) is 0 Å². The third-order valence-corrected chi connectivity index (χ3v) is 4.14. The molecule has 10 heteroatoms. The number of amides is 2. The smallest absolute Gasteiger partial charge is 0.310 e. The molecular weight excluding hydrogens is 390 g/mol. The minimum atomic E-state index is -0.690. The number of benzene rings is 2. The third kappa shape index (κ3) is 5.85. The van der Waals surface area contributed by atoms with Crippen molar-refractivity contribution in [1.29, 1.82) is 0 Å². The van der Waals surface area contributed by atoms with Gasteiger partial charge in [0.2, 0.25) is 0 Å². The van der Waals surface area contributed by atoms with Crippen LogP contribution in [-0.2, 0) is 9.59 Å². The fourth-order valence-corrected chi connectivity index (χ4v) is 2.33. The molecule has 28 heavy (non-hydrogen) atoms. The van der Waals surface area contributed by atoms with Crippen LogP contribution >= 0.6 is 11.6 Å². The highest BCUT2D eigenvalue weighted by Crippen LogP contribution is 2.26. The highest BCUT2D eigenvalue weighted by Gasteiger charge is 2.15. The molecule has 2 amide bonds. The monoisotopic (exact) mass is 407 g/mol. The molecule has 2 N–H and O–H groups in total. The Labute approximate surface area is 165 Å². The second-order valence-electron chi connectivity index (χ2n) is 5.77. The molecule has 0 aliphatic heterocycles. The standard InChI is InChI=1S/C18H18ClN3O6/c1-11-7-13(8-12(2)18(11)19)27-9-16(23)20-21-17(24)10-28-15-6-4-3-5-14(15)22(25)26/h3-8H,9-10H2,1-2H3,(H,20,23)(H,21,24). The summed E-state index contributed by atoms with van der Waals surface area (Å²) in [5, 5.41) is 11.5. The molecule has 2 aromatic rings. The second kappa shape index (κ2) is 9.56. The molecule has 0 bridgehead atoms. The van der Waals surface area contributed by atoms with Gasteiger partial charge in [0.1, 0.15) is 5.75 Å². The summed E-state index contributed by atoms with van der Waals surface area (Å²) in [5.74, 6) is -0.861. The van der Waals surface area contributed by atoms with Gasteiger partial charge in [0.25, 0.3) is 11.8 Å². The van der Waals surface area contributed by atoms with Gasteiger partial charge in [0, 0.05) is 11.1 Å². The highest BCUT2D eigenvalue weighted by atomic mass is 35.5. The van der Waals surface area contributed by atoms with Gasteiger partial charge in [-0.3, -0.25) is 30.6 Å². The zero-order valence-corrected chi connectivity index (χ0v) is 15.9. The fraction of sp³-hybridized carbons (Fsp3) is 0.222. The van der Waals surface area contributed by atoms with Crippen molar-refractivity contribution < 1.29 is 24.0 Å². The molecule has 0 aliphatic rings. The lowest BCUT2D eigenvalue weighted by molar-refractivity contribution is -0.385. The summed E-state index contributed by atoms with van der Waals surface area (Å²) in [6.45, 7) is 2.80. The second-order valence-corrected chi connectivity index (χ2v) is 6.15. The van der Waals surface area contributed by atoms with E-state index in [1.165, 1.54) is 18.2 Å². The first-order valence-corrected chi connectivity index (χ1v) is 8.49. The van der Waals surface area contributed by atoms with Gasteiger partial charge >= 0.3 is 5.69 Å². The van der Waals surface area contributed by atoms with Gasteiger partial charge in [-0.1, -0.05) is 23.7 Å². The minimum absolute atomic E-state index is 0.0502. The first-order chi connectivity index (χ1) is 13.3. The summed E-state index contributed by atoms with van der Waals surface area (Å²) in [6.07, 6.45) is 0. The molecule has 148 valence electrons. The lowest BCUT2D eigenvalue weighted by Crippen LogP contribution is -2.45. The summed E-state index contributed by atoms with van der Waals surface area (Å²) in [5.41, 5.74) is 5.67. The number of aryl methyl sites for hydroxylation is 2. The predicted octanol–water partition coefficient (Wildman–Crippen LogP) is 2.47. The molecule has 0 aliphatic carbocycles. The van der Waals surface area contributed by atoms with Crippen molar-refractivity contribution in [3.05, 3.63) is 62.7 Å². The SMILES string of the molecule is Cc1cc(OCC(=O)NNC(=O)COc2ccccc2[N+](=O)[O-])cc(C)c1Cl. The number of hydrogen-bond donors (Lipinski definition) is 2. The molecule has 9 nitrogen and oxygen atoms in total. The number of nitrogens with one attached hydrogen (secondary N) is 2. The normalized spacial score (nSPS) is 10.1. The number of hydrazine groups is 1. The number of carbonyl (C=O) groups excluding carboxylic acids is 2. The van der Waals surface area contributed by atoms with Gasteiger partial charge in [-0.05, 0) is 43.2 Å². The van der Waals surface area contributed by atoms with E-state index in [0.29, 0.717) is 10.8 Å². The van der Waals surface area contributed by atoms with Gasteiger partial charge < -0.3 is 9.47 Å². The van der Waals surface area contributed by atoms with E-state index in [4.69, 9.17) is 21.1 Å². The van der Waals surface area contributed by atoms with Crippen LogP contribution in [0.1, 0.15) is 11.1 Å². The molecule has 0 spiro atoms. The Morgan fingerprint density at radius 3 is 2.14 bits per heavy atom. The van der Waals surface area contributed by atoms with Crippen LogP contribution in [0.4, 0.5) is 5.69 Å². The summed E-state index contributed by atoms with van der Waals surface area (Å²) in [6, 6.07) is 9.04. The number of nitro groups is 1. The molecule has 0 heterocycles. The Bertz CT molecular complexity index is 880. The first kappa shape index (κ1) is 21.0. The molecule has 0 radical (unpaired) electrons. The van der Waals surface area contributed by atoms with Crippen LogP contribution in [0.25, 0.3) is 0 Å². The average molecular weight is 408 g/mol. The van der Waals surface area contributed by atoms with Crippen molar-refractivity contribution in [2.45, 2.75) is 13.8 Å². The van der Waals surface area contributed by atoms with E-state index in [1.54, 1.807) is 18.2 Å². The number of rotatable bonds is 7. The number of halogens is 1.